The number of rotatable bonds is 4. The summed E-state index contributed by atoms with van der Waals surface area (Å²) in [7, 11) is 0. The van der Waals surface area contributed by atoms with E-state index < -0.39 is 0 Å². The first-order valence-corrected chi connectivity index (χ1v) is 8.66. The van der Waals surface area contributed by atoms with Crippen LogP contribution in [-0.4, -0.2) is 23.1 Å². The van der Waals surface area contributed by atoms with Gasteiger partial charge in [0.25, 0.3) is 0 Å². The standard InChI is InChI=1S/C19H27N3O/c1-13-3-4-14(2)19-17(13)10-12-22(19)16-7-5-15(6-8-16)21-18(23)9-11-20/h3-4,10,12,15-16H,5-9,11,20H2,1-2H3,(H,21,23). The molecule has 3 rings (SSSR count). The highest BCUT2D eigenvalue weighted by molar-refractivity contribution is 5.86. The molecule has 1 saturated carbocycles. The Balaban J connectivity index is 1.71. The van der Waals surface area contributed by atoms with Crippen molar-refractivity contribution in [2.24, 2.45) is 5.73 Å². The monoisotopic (exact) mass is 313 g/mol. The molecule has 1 amide bonds. The second-order valence-corrected chi connectivity index (χ2v) is 6.80. The Labute approximate surface area is 138 Å². The number of aryl methyl sites for hydroxylation is 2. The van der Waals surface area contributed by atoms with Crippen LogP contribution < -0.4 is 11.1 Å². The number of aromatic nitrogens is 1. The van der Waals surface area contributed by atoms with Crippen molar-refractivity contribution in [3.8, 4) is 0 Å². The van der Waals surface area contributed by atoms with Crippen molar-refractivity contribution in [2.75, 3.05) is 6.54 Å². The van der Waals surface area contributed by atoms with Crippen LogP contribution in [0.1, 0.15) is 49.3 Å². The minimum Gasteiger partial charge on any atom is -0.353 e. The lowest BCUT2D eigenvalue weighted by molar-refractivity contribution is -0.121. The molecule has 0 bridgehead atoms. The fourth-order valence-electron chi connectivity index (χ4n) is 3.83. The largest absolute Gasteiger partial charge is 0.353 e. The van der Waals surface area contributed by atoms with Crippen molar-refractivity contribution in [2.45, 2.75) is 58.0 Å². The molecule has 0 unspecified atom stereocenters. The van der Waals surface area contributed by atoms with Crippen LogP contribution >= 0.6 is 0 Å². The summed E-state index contributed by atoms with van der Waals surface area (Å²) in [6, 6.07) is 7.51. The van der Waals surface area contributed by atoms with Gasteiger partial charge in [0.1, 0.15) is 0 Å². The molecule has 0 spiro atoms. The van der Waals surface area contributed by atoms with Crippen molar-refractivity contribution in [3.05, 3.63) is 35.5 Å². The number of nitrogens with two attached hydrogens (primary N) is 1. The quantitative estimate of drug-likeness (QED) is 0.910. The fourth-order valence-corrected chi connectivity index (χ4v) is 3.83. The van der Waals surface area contributed by atoms with Gasteiger partial charge in [-0.1, -0.05) is 12.1 Å². The number of fused-ring (bicyclic) bond motifs is 1. The summed E-state index contributed by atoms with van der Waals surface area (Å²) in [5.41, 5.74) is 9.49. The molecule has 124 valence electrons. The van der Waals surface area contributed by atoms with Gasteiger partial charge >= 0.3 is 0 Å². The summed E-state index contributed by atoms with van der Waals surface area (Å²) < 4.78 is 2.45. The fraction of sp³-hybridized carbons (Fsp3) is 0.526. The number of amides is 1. The van der Waals surface area contributed by atoms with Gasteiger partial charge in [0.15, 0.2) is 0 Å². The van der Waals surface area contributed by atoms with Gasteiger partial charge in [-0.05, 0) is 56.7 Å². The summed E-state index contributed by atoms with van der Waals surface area (Å²) in [6.07, 6.45) is 7.00. The lowest BCUT2D eigenvalue weighted by atomic mass is 9.90. The summed E-state index contributed by atoms with van der Waals surface area (Å²) in [4.78, 5) is 11.7. The SMILES string of the molecule is Cc1ccc(C)c2c1ccn2C1CCC(NC(=O)CCN)CC1. The van der Waals surface area contributed by atoms with E-state index in [9.17, 15) is 4.79 Å². The molecule has 1 heterocycles. The van der Waals surface area contributed by atoms with E-state index in [1.165, 1.54) is 22.0 Å². The average molecular weight is 313 g/mol. The smallest absolute Gasteiger partial charge is 0.221 e. The van der Waals surface area contributed by atoms with Crippen molar-refractivity contribution in [1.29, 1.82) is 0 Å². The molecule has 3 N–H and O–H groups in total. The van der Waals surface area contributed by atoms with E-state index in [0.29, 0.717) is 25.0 Å². The Hall–Kier alpha value is -1.81. The van der Waals surface area contributed by atoms with Crippen molar-refractivity contribution >= 4 is 16.8 Å². The molecule has 1 fully saturated rings. The van der Waals surface area contributed by atoms with Crippen LogP contribution in [0.5, 0.6) is 0 Å². The molecule has 23 heavy (non-hydrogen) atoms. The summed E-state index contributed by atoms with van der Waals surface area (Å²) in [5, 5.41) is 4.48. The van der Waals surface area contributed by atoms with E-state index >= 15 is 0 Å². The summed E-state index contributed by atoms with van der Waals surface area (Å²) in [6.45, 7) is 4.79. The third-order valence-electron chi connectivity index (χ3n) is 5.12. The number of carbonyl (C=O) groups is 1. The van der Waals surface area contributed by atoms with Crippen molar-refractivity contribution in [3.63, 3.8) is 0 Å². The topological polar surface area (TPSA) is 60.0 Å². The van der Waals surface area contributed by atoms with Crippen LogP contribution in [0, 0.1) is 13.8 Å². The van der Waals surface area contributed by atoms with Crippen LogP contribution in [0.4, 0.5) is 0 Å². The van der Waals surface area contributed by atoms with Gasteiger partial charge in [-0.25, -0.2) is 0 Å². The van der Waals surface area contributed by atoms with Crippen LogP contribution in [0.15, 0.2) is 24.4 Å². The zero-order valence-electron chi connectivity index (χ0n) is 14.1. The van der Waals surface area contributed by atoms with Gasteiger partial charge in [-0.3, -0.25) is 4.79 Å². The molecule has 4 nitrogen and oxygen atoms in total. The first kappa shape index (κ1) is 16.1. The average Bonchev–Trinajstić information content (AvgIpc) is 2.98. The minimum atomic E-state index is 0.0915. The molecule has 0 radical (unpaired) electrons. The van der Waals surface area contributed by atoms with Crippen LogP contribution in [0.3, 0.4) is 0 Å². The first-order chi connectivity index (χ1) is 11.1. The predicted molar refractivity (Wildman–Crippen MR) is 94.5 cm³/mol. The Morgan fingerprint density at radius 3 is 2.57 bits per heavy atom. The Morgan fingerprint density at radius 1 is 1.17 bits per heavy atom. The maximum absolute atomic E-state index is 11.7. The highest BCUT2D eigenvalue weighted by Crippen LogP contribution is 2.34. The van der Waals surface area contributed by atoms with Crippen molar-refractivity contribution in [1.82, 2.24) is 9.88 Å². The highest BCUT2D eigenvalue weighted by atomic mass is 16.1. The van der Waals surface area contributed by atoms with E-state index in [2.05, 4.69) is 48.1 Å². The molecule has 0 aliphatic heterocycles. The number of carbonyl (C=O) groups excluding carboxylic acids is 1. The molecule has 1 aliphatic rings. The maximum Gasteiger partial charge on any atom is 0.221 e. The molecule has 1 aliphatic carbocycles. The lowest BCUT2D eigenvalue weighted by Gasteiger charge is -2.31. The Kier molecular flexibility index (Phi) is 4.71. The first-order valence-electron chi connectivity index (χ1n) is 8.66. The third kappa shape index (κ3) is 3.27. The molecule has 2 aromatic rings. The lowest BCUT2D eigenvalue weighted by Crippen LogP contribution is -2.38. The van der Waals surface area contributed by atoms with E-state index in [4.69, 9.17) is 5.73 Å². The molecule has 0 saturated heterocycles. The van der Waals surface area contributed by atoms with Gasteiger partial charge in [0.05, 0.1) is 5.52 Å². The zero-order valence-corrected chi connectivity index (χ0v) is 14.1. The third-order valence-corrected chi connectivity index (χ3v) is 5.12. The van der Waals surface area contributed by atoms with E-state index in [1.54, 1.807) is 0 Å². The Morgan fingerprint density at radius 2 is 1.87 bits per heavy atom. The molecule has 1 aromatic carbocycles. The van der Waals surface area contributed by atoms with Gasteiger partial charge in [0.2, 0.25) is 5.91 Å². The van der Waals surface area contributed by atoms with Gasteiger partial charge < -0.3 is 15.6 Å². The number of benzene rings is 1. The maximum atomic E-state index is 11.7. The number of nitrogens with zero attached hydrogens (tertiary/aromatic N) is 1. The van der Waals surface area contributed by atoms with E-state index in [0.717, 1.165) is 25.7 Å². The molecule has 4 heteroatoms. The normalized spacial score (nSPS) is 21.5. The van der Waals surface area contributed by atoms with Crippen molar-refractivity contribution < 1.29 is 4.79 Å². The van der Waals surface area contributed by atoms with Gasteiger partial charge in [-0.2, -0.15) is 0 Å². The van der Waals surface area contributed by atoms with Gasteiger partial charge in [0, 0.05) is 36.6 Å². The van der Waals surface area contributed by atoms with Crippen LogP contribution in [0.25, 0.3) is 10.9 Å². The number of hydrogen-bond donors (Lipinski definition) is 2. The Bertz CT molecular complexity index is 696. The molecular formula is C19H27N3O. The van der Waals surface area contributed by atoms with E-state index in [1.807, 2.05) is 0 Å². The summed E-state index contributed by atoms with van der Waals surface area (Å²) >= 11 is 0. The minimum absolute atomic E-state index is 0.0915. The second kappa shape index (κ2) is 6.75. The molecule has 0 atom stereocenters. The summed E-state index contributed by atoms with van der Waals surface area (Å²) in [5.74, 6) is 0.0915. The van der Waals surface area contributed by atoms with E-state index in [-0.39, 0.29) is 5.91 Å². The number of hydrogen-bond acceptors (Lipinski definition) is 2. The molecule has 1 aromatic heterocycles. The second-order valence-electron chi connectivity index (χ2n) is 6.80. The highest BCUT2D eigenvalue weighted by Gasteiger charge is 2.24. The van der Waals surface area contributed by atoms with Crippen LogP contribution in [0.2, 0.25) is 0 Å². The predicted octanol–water partition coefficient (Wildman–Crippen LogP) is 3.21. The molecular weight excluding hydrogens is 286 g/mol. The van der Waals surface area contributed by atoms with Crippen LogP contribution in [-0.2, 0) is 4.79 Å². The van der Waals surface area contributed by atoms with Gasteiger partial charge in [-0.15, -0.1) is 0 Å². The number of nitrogens with one attached hydrogen (secondary N) is 1. The zero-order chi connectivity index (χ0) is 16.4.